The molecule has 0 radical (unpaired) electrons. The first-order valence-corrected chi connectivity index (χ1v) is 7.04. The molecule has 4 rings (SSSR count). The summed E-state index contributed by atoms with van der Waals surface area (Å²) in [5.74, 6) is 0.910. The molecule has 1 aliphatic heterocycles. The molecule has 0 bridgehead atoms. The topological polar surface area (TPSA) is 39.2 Å². The maximum absolute atomic E-state index is 12.9. The molecule has 0 saturated carbocycles. The Labute approximate surface area is 117 Å². The van der Waals surface area contributed by atoms with Gasteiger partial charge in [0.25, 0.3) is 0 Å². The Hall–Kier alpha value is -2.16. The molecule has 0 saturated heterocycles. The Balaban J connectivity index is 1.67. The van der Waals surface area contributed by atoms with Crippen LogP contribution in [0, 0.1) is 0 Å². The number of hydrogen-bond acceptors (Lipinski definition) is 3. The van der Waals surface area contributed by atoms with Crippen LogP contribution in [0.25, 0.3) is 0 Å². The molecular formula is C17H15NO2. The van der Waals surface area contributed by atoms with Crippen molar-refractivity contribution in [3.05, 3.63) is 59.4 Å². The molecule has 1 aliphatic carbocycles. The van der Waals surface area contributed by atoms with Crippen LogP contribution in [-0.2, 0) is 11.2 Å². The largest absolute Gasteiger partial charge is 0.492 e. The van der Waals surface area contributed by atoms with Crippen molar-refractivity contribution < 1.29 is 9.53 Å². The summed E-state index contributed by atoms with van der Waals surface area (Å²) in [6, 6.07) is 11.9. The minimum absolute atomic E-state index is 0.0639. The zero-order valence-electron chi connectivity index (χ0n) is 11.1. The summed E-state index contributed by atoms with van der Waals surface area (Å²) < 4.78 is 5.64. The second-order valence-electron chi connectivity index (χ2n) is 5.44. The van der Waals surface area contributed by atoms with Crippen LogP contribution >= 0.6 is 0 Å². The first-order valence-electron chi connectivity index (χ1n) is 7.04. The van der Waals surface area contributed by atoms with E-state index in [9.17, 15) is 4.79 Å². The van der Waals surface area contributed by atoms with E-state index in [2.05, 4.69) is 11.1 Å². The van der Waals surface area contributed by atoms with E-state index in [0.29, 0.717) is 6.61 Å². The van der Waals surface area contributed by atoms with Crippen molar-refractivity contribution in [2.24, 2.45) is 0 Å². The lowest BCUT2D eigenvalue weighted by Gasteiger charge is -2.14. The van der Waals surface area contributed by atoms with Crippen molar-refractivity contribution in [2.45, 2.75) is 24.7 Å². The van der Waals surface area contributed by atoms with E-state index in [0.717, 1.165) is 29.8 Å². The lowest BCUT2D eigenvalue weighted by atomic mass is 9.87. The molecule has 0 N–H and O–H groups in total. The zero-order chi connectivity index (χ0) is 13.5. The molecule has 3 heteroatoms. The predicted octanol–water partition coefficient (Wildman–Crippen LogP) is 2.86. The van der Waals surface area contributed by atoms with Gasteiger partial charge >= 0.3 is 0 Å². The fraction of sp³-hybridized carbons (Fsp3) is 0.294. The predicted molar refractivity (Wildman–Crippen MR) is 75.0 cm³/mol. The summed E-state index contributed by atoms with van der Waals surface area (Å²) >= 11 is 0. The van der Waals surface area contributed by atoms with E-state index in [1.807, 2.05) is 30.3 Å². The van der Waals surface area contributed by atoms with Crippen LogP contribution in [0.4, 0.5) is 0 Å². The van der Waals surface area contributed by atoms with Crippen molar-refractivity contribution in [3.63, 3.8) is 0 Å². The fourth-order valence-electron chi connectivity index (χ4n) is 3.33. The highest BCUT2D eigenvalue weighted by atomic mass is 16.5. The van der Waals surface area contributed by atoms with Gasteiger partial charge in [0.05, 0.1) is 17.5 Å². The van der Waals surface area contributed by atoms with Crippen LogP contribution < -0.4 is 4.74 Å². The highest BCUT2D eigenvalue weighted by molar-refractivity contribution is 5.93. The number of fused-ring (bicyclic) bond motifs is 2. The summed E-state index contributed by atoms with van der Waals surface area (Å²) in [4.78, 5) is 17.3. The van der Waals surface area contributed by atoms with Crippen molar-refractivity contribution >= 4 is 5.78 Å². The van der Waals surface area contributed by atoms with Crippen molar-refractivity contribution in [3.8, 4) is 5.75 Å². The molecule has 2 atom stereocenters. The van der Waals surface area contributed by atoms with Gasteiger partial charge in [0, 0.05) is 11.8 Å². The number of hydrogen-bond donors (Lipinski definition) is 0. The van der Waals surface area contributed by atoms with Gasteiger partial charge in [0.15, 0.2) is 5.78 Å². The molecule has 20 heavy (non-hydrogen) atoms. The highest BCUT2D eigenvalue weighted by Crippen LogP contribution is 2.40. The average molecular weight is 265 g/mol. The van der Waals surface area contributed by atoms with Gasteiger partial charge in [0.2, 0.25) is 0 Å². The molecule has 2 aromatic rings. The maximum atomic E-state index is 12.9. The molecule has 1 aromatic carbocycles. The molecular weight excluding hydrogens is 250 g/mol. The number of rotatable bonds is 2. The molecule has 2 unspecified atom stereocenters. The minimum Gasteiger partial charge on any atom is -0.492 e. The SMILES string of the molecule is O=C(C1COc2ccccc21)C1CCc2cccnc21. The number of para-hydroxylation sites is 1. The Morgan fingerprint density at radius 3 is 3.00 bits per heavy atom. The number of aromatic nitrogens is 1. The van der Waals surface area contributed by atoms with Gasteiger partial charge in [-0.05, 0) is 30.5 Å². The van der Waals surface area contributed by atoms with Gasteiger partial charge in [-0.2, -0.15) is 0 Å². The standard InChI is InChI=1S/C17H15NO2/c19-17(13-8-7-11-4-3-9-18-16(11)13)14-10-20-15-6-2-1-5-12(14)15/h1-6,9,13-14H,7-8,10H2. The van der Waals surface area contributed by atoms with Crippen molar-refractivity contribution in [2.75, 3.05) is 6.61 Å². The number of nitrogens with zero attached hydrogens (tertiary/aromatic N) is 1. The molecule has 100 valence electrons. The summed E-state index contributed by atoms with van der Waals surface area (Å²) in [6.07, 6.45) is 3.61. The van der Waals surface area contributed by atoms with Gasteiger partial charge in [0.1, 0.15) is 12.4 Å². The number of ketones is 1. The maximum Gasteiger partial charge on any atom is 0.152 e. The molecule has 3 nitrogen and oxygen atoms in total. The zero-order valence-corrected chi connectivity index (χ0v) is 11.1. The average Bonchev–Trinajstić information content (AvgIpc) is 3.11. The number of Topliss-reactive ketones (excluding diaryl/α,β-unsaturated/α-hetero) is 1. The van der Waals surface area contributed by atoms with Crippen molar-refractivity contribution in [1.29, 1.82) is 0 Å². The molecule has 0 amide bonds. The second-order valence-corrected chi connectivity index (χ2v) is 5.44. The summed E-state index contributed by atoms with van der Waals surface area (Å²) in [6.45, 7) is 0.469. The Morgan fingerprint density at radius 2 is 2.05 bits per heavy atom. The fourth-order valence-corrected chi connectivity index (χ4v) is 3.33. The third-order valence-corrected chi connectivity index (χ3v) is 4.35. The third-order valence-electron chi connectivity index (χ3n) is 4.35. The summed E-state index contributed by atoms with van der Waals surface area (Å²) in [7, 11) is 0. The first kappa shape index (κ1) is 11.6. The number of ether oxygens (including phenoxy) is 1. The normalized spacial score (nSPS) is 23.0. The van der Waals surface area contributed by atoms with Gasteiger partial charge in [-0.3, -0.25) is 9.78 Å². The molecule has 1 aromatic heterocycles. The number of carbonyl (C=O) groups excluding carboxylic acids is 1. The van der Waals surface area contributed by atoms with Gasteiger partial charge < -0.3 is 4.74 Å². The molecule has 2 heterocycles. The van der Waals surface area contributed by atoms with Gasteiger partial charge in [-0.1, -0.05) is 24.3 Å². The van der Waals surface area contributed by atoms with E-state index >= 15 is 0 Å². The third kappa shape index (κ3) is 1.66. The Bertz CT molecular complexity index is 623. The molecule has 0 spiro atoms. The molecule has 0 fully saturated rings. The number of pyridine rings is 1. The number of benzene rings is 1. The van der Waals surface area contributed by atoms with E-state index in [1.54, 1.807) is 6.20 Å². The smallest absolute Gasteiger partial charge is 0.152 e. The highest BCUT2D eigenvalue weighted by Gasteiger charge is 2.38. The van der Waals surface area contributed by atoms with Crippen LogP contribution in [-0.4, -0.2) is 17.4 Å². The molecule has 2 aliphatic rings. The number of carbonyl (C=O) groups is 1. The van der Waals surface area contributed by atoms with E-state index < -0.39 is 0 Å². The lowest BCUT2D eigenvalue weighted by molar-refractivity contribution is -0.122. The van der Waals surface area contributed by atoms with Crippen molar-refractivity contribution in [1.82, 2.24) is 4.98 Å². The van der Waals surface area contributed by atoms with Crippen LogP contribution in [0.1, 0.15) is 35.1 Å². The van der Waals surface area contributed by atoms with Crippen LogP contribution in [0.5, 0.6) is 5.75 Å². The summed E-state index contributed by atoms with van der Waals surface area (Å²) in [5.41, 5.74) is 3.22. The van der Waals surface area contributed by atoms with Gasteiger partial charge in [-0.25, -0.2) is 0 Å². The minimum atomic E-state index is -0.135. The lowest BCUT2D eigenvalue weighted by Crippen LogP contribution is -2.21. The van der Waals surface area contributed by atoms with Crippen LogP contribution in [0.2, 0.25) is 0 Å². The quantitative estimate of drug-likeness (QED) is 0.838. The van der Waals surface area contributed by atoms with E-state index in [1.165, 1.54) is 5.56 Å². The number of aryl methyl sites for hydroxylation is 1. The Kier molecular flexibility index (Phi) is 2.59. The van der Waals surface area contributed by atoms with Crippen LogP contribution in [0.3, 0.4) is 0 Å². The first-order chi connectivity index (χ1) is 9.84. The second kappa shape index (κ2) is 4.44. The summed E-state index contributed by atoms with van der Waals surface area (Å²) in [5, 5.41) is 0. The van der Waals surface area contributed by atoms with E-state index in [-0.39, 0.29) is 17.6 Å². The van der Waals surface area contributed by atoms with Crippen LogP contribution in [0.15, 0.2) is 42.6 Å². The van der Waals surface area contributed by atoms with E-state index in [4.69, 9.17) is 4.74 Å². The van der Waals surface area contributed by atoms with Gasteiger partial charge in [-0.15, -0.1) is 0 Å². The monoisotopic (exact) mass is 265 g/mol. The Morgan fingerprint density at radius 1 is 1.15 bits per heavy atom.